The number of ether oxygens (including phenoxy) is 3. The maximum atomic E-state index is 11.6. The molecule has 1 atom stereocenters. The molecule has 6 nitrogen and oxygen atoms in total. The summed E-state index contributed by atoms with van der Waals surface area (Å²) in [7, 11) is 1.47. The third-order valence-corrected chi connectivity index (χ3v) is 2.53. The van der Waals surface area contributed by atoms with E-state index in [1.165, 1.54) is 7.11 Å². The minimum atomic E-state index is -0.542. The van der Waals surface area contributed by atoms with Crippen LogP contribution in [0.1, 0.15) is 6.92 Å². The normalized spacial score (nSPS) is 14.5. The topological polar surface area (TPSA) is 82.8 Å². The van der Waals surface area contributed by atoms with Crippen LogP contribution in [0.4, 0.5) is 11.4 Å². The molecule has 1 unspecified atom stereocenters. The van der Waals surface area contributed by atoms with Crippen LogP contribution < -0.4 is 20.5 Å². The average Bonchev–Trinajstić information content (AvgIpc) is 2.75. The Balaban J connectivity index is 2.19. The van der Waals surface area contributed by atoms with Crippen LogP contribution in [-0.2, 0) is 9.53 Å². The lowest BCUT2D eigenvalue weighted by molar-refractivity contribution is -0.124. The largest absolute Gasteiger partial charge is 0.454 e. The fourth-order valence-corrected chi connectivity index (χ4v) is 1.41. The Morgan fingerprint density at radius 1 is 1.47 bits per heavy atom. The van der Waals surface area contributed by atoms with Crippen LogP contribution in [0.15, 0.2) is 12.1 Å². The smallest absolute Gasteiger partial charge is 0.253 e. The van der Waals surface area contributed by atoms with Gasteiger partial charge in [0.25, 0.3) is 5.91 Å². The number of nitrogen functional groups attached to an aromatic ring is 1. The van der Waals surface area contributed by atoms with Gasteiger partial charge in [0.15, 0.2) is 11.5 Å². The zero-order valence-corrected chi connectivity index (χ0v) is 9.65. The number of hydrogen-bond acceptors (Lipinski definition) is 5. The molecule has 0 saturated carbocycles. The van der Waals surface area contributed by atoms with Crippen LogP contribution in [0.3, 0.4) is 0 Å². The summed E-state index contributed by atoms with van der Waals surface area (Å²) in [4.78, 5) is 11.6. The van der Waals surface area contributed by atoms with Crippen LogP contribution >= 0.6 is 0 Å². The van der Waals surface area contributed by atoms with Crippen LogP contribution in [0.5, 0.6) is 11.5 Å². The second kappa shape index (κ2) is 4.50. The summed E-state index contributed by atoms with van der Waals surface area (Å²) in [5.41, 5.74) is 6.70. The van der Waals surface area contributed by atoms with Gasteiger partial charge in [-0.2, -0.15) is 0 Å². The van der Waals surface area contributed by atoms with Gasteiger partial charge in [0.1, 0.15) is 6.10 Å². The molecule has 17 heavy (non-hydrogen) atoms. The van der Waals surface area contributed by atoms with E-state index in [0.717, 1.165) is 0 Å². The number of fused-ring (bicyclic) bond motifs is 1. The highest BCUT2D eigenvalue weighted by atomic mass is 16.7. The van der Waals surface area contributed by atoms with Crippen molar-refractivity contribution in [3.8, 4) is 11.5 Å². The summed E-state index contributed by atoms with van der Waals surface area (Å²) >= 11 is 0. The summed E-state index contributed by atoms with van der Waals surface area (Å²) in [6.45, 7) is 1.82. The lowest BCUT2D eigenvalue weighted by Crippen LogP contribution is -2.26. The van der Waals surface area contributed by atoms with Crippen LogP contribution in [0, 0.1) is 0 Å². The zero-order valence-electron chi connectivity index (χ0n) is 9.65. The number of benzene rings is 1. The van der Waals surface area contributed by atoms with Gasteiger partial charge in [0.05, 0.1) is 11.4 Å². The molecule has 0 aliphatic carbocycles. The van der Waals surface area contributed by atoms with Gasteiger partial charge in [0.2, 0.25) is 6.79 Å². The van der Waals surface area contributed by atoms with Crippen molar-refractivity contribution in [2.24, 2.45) is 0 Å². The fraction of sp³-hybridized carbons (Fsp3) is 0.364. The number of amides is 1. The van der Waals surface area contributed by atoms with Crippen LogP contribution in [0.2, 0.25) is 0 Å². The van der Waals surface area contributed by atoms with E-state index in [4.69, 9.17) is 19.9 Å². The standard InChI is InChI=1S/C11H14N2O4/c1-6(15-2)11(14)13-8-4-10-9(3-7(8)12)16-5-17-10/h3-4,6H,5,12H2,1-2H3,(H,13,14). The van der Waals surface area contributed by atoms with Crippen molar-refractivity contribution in [2.75, 3.05) is 25.0 Å². The first-order valence-electron chi connectivity index (χ1n) is 5.14. The van der Waals surface area contributed by atoms with E-state index >= 15 is 0 Å². The van der Waals surface area contributed by atoms with Crippen molar-refractivity contribution < 1.29 is 19.0 Å². The van der Waals surface area contributed by atoms with Crippen molar-refractivity contribution >= 4 is 17.3 Å². The van der Waals surface area contributed by atoms with Crippen molar-refractivity contribution in [1.29, 1.82) is 0 Å². The molecular formula is C11H14N2O4. The quantitative estimate of drug-likeness (QED) is 0.767. The molecule has 0 bridgehead atoms. The van der Waals surface area contributed by atoms with Gasteiger partial charge in [-0.3, -0.25) is 4.79 Å². The molecule has 1 aliphatic heterocycles. The average molecular weight is 238 g/mol. The molecule has 3 N–H and O–H groups in total. The van der Waals surface area contributed by atoms with E-state index in [2.05, 4.69) is 5.32 Å². The Kier molecular flexibility index (Phi) is 3.06. The predicted molar refractivity (Wildman–Crippen MR) is 62.1 cm³/mol. The first kappa shape index (κ1) is 11.5. The van der Waals surface area contributed by atoms with E-state index in [1.54, 1.807) is 19.1 Å². The van der Waals surface area contributed by atoms with Crippen LogP contribution in [-0.4, -0.2) is 25.9 Å². The molecule has 1 heterocycles. The van der Waals surface area contributed by atoms with E-state index < -0.39 is 6.10 Å². The number of nitrogens with two attached hydrogens (primary N) is 1. The molecule has 1 aliphatic rings. The summed E-state index contributed by atoms with van der Waals surface area (Å²) in [5, 5.41) is 2.67. The number of anilines is 2. The molecule has 0 saturated heterocycles. The minimum Gasteiger partial charge on any atom is -0.454 e. The number of methoxy groups -OCH3 is 1. The fourth-order valence-electron chi connectivity index (χ4n) is 1.41. The van der Waals surface area contributed by atoms with Crippen molar-refractivity contribution in [2.45, 2.75) is 13.0 Å². The molecule has 0 aromatic heterocycles. The monoisotopic (exact) mass is 238 g/mol. The molecule has 2 rings (SSSR count). The van der Waals surface area contributed by atoms with Crippen LogP contribution in [0.25, 0.3) is 0 Å². The molecule has 92 valence electrons. The number of nitrogens with one attached hydrogen (secondary N) is 1. The van der Waals surface area contributed by atoms with E-state index in [9.17, 15) is 4.79 Å². The van der Waals surface area contributed by atoms with E-state index in [1.807, 2.05) is 0 Å². The molecular weight excluding hydrogens is 224 g/mol. The molecule has 0 spiro atoms. The lowest BCUT2D eigenvalue weighted by Gasteiger charge is -2.12. The first-order valence-corrected chi connectivity index (χ1v) is 5.14. The maximum absolute atomic E-state index is 11.6. The molecule has 6 heteroatoms. The van der Waals surface area contributed by atoms with Gasteiger partial charge in [0, 0.05) is 19.2 Å². The molecule has 1 aromatic carbocycles. The van der Waals surface area contributed by atoms with E-state index in [-0.39, 0.29) is 12.7 Å². The van der Waals surface area contributed by atoms with Gasteiger partial charge in [-0.25, -0.2) is 0 Å². The molecule has 1 amide bonds. The predicted octanol–water partition coefficient (Wildman–Crippen LogP) is 0.971. The van der Waals surface area contributed by atoms with Gasteiger partial charge in [-0.1, -0.05) is 0 Å². The highest BCUT2D eigenvalue weighted by Crippen LogP contribution is 2.38. The second-order valence-corrected chi connectivity index (χ2v) is 3.66. The zero-order chi connectivity index (χ0) is 12.4. The van der Waals surface area contributed by atoms with Crippen molar-refractivity contribution in [3.05, 3.63) is 12.1 Å². The van der Waals surface area contributed by atoms with E-state index in [0.29, 0.717) is 22.9 Å². The second-order valence-electron chi connectivity index (χ2n) is 3.66. The Morgan fingerprint density at radius 3 is 2.76 bits per heavy atom. The van der Waals surface area contributed by atoms with Gasteiger partial charge < -0.3 is 25.3 Å². The number of hydrogen-bond donors (Lipinski definition) is 2. The summed E-state index contributed by atoms with van der Waals surface area (Å²) < 4.78 is 15.3. The third kappa shape index (κ3) is 2.26. The highest BCUT2D eigenvalue weighted by molar-refractivity contribution is 5.97. The number of carbonyl (C=O) groups is 1. The number of carbonyl (C=O) groups excluding carboxylic acids is 1. The summed E-state index contributed by atoms with van der Waals surface area (Å²) in [6, 6.07) is 3.26. The summed E-state index contributed by atoms with van der Waals surface area (Å²) in [6.07, 6.45) is -0.542. The lowest BCUT2D eigenvalue weighted by atomic mass is 10.2. The van der Waals surface area contributed by atoms with Gasteiger partial charge >= 0.3 is 0 Å². The first-order chi connectivity index (χ1) is 8.11. The third-order valence-electron chi connectivity index (χ3n) is 2.53. The molecule has 0 fully saturated rings. The SMILES string of the molecule is COC(C)C(=O)Nc1cc2c(cc1N)OCO2. The van der Waals surface area contributed by atoms with Crippen molar-refractivity contribution in [1.82, 2.24) is 0 Å². The Bertz CT molecular complexity index is 447. The Labute approximate surface area is 98.6 Å². The highest BCUT2D eigenvalue weighted by Gasteiger charge is 2.18. The number of rotatable bonds is 3. The Morgan fingerprint density at radius 2 is 2.12 bits per heavy atom. The van der Waals surface area contributed by atoms with Crippen molar-refractivity contribution in [3.63, 3.8) is 0 Å². The van der Waals surface area contributed by atoms with Gasteiger partial charge in [-0.15, -0.1) is 0 Å². The minimum absolute atomic E-state index is 0.167. The maximum Gasteiger partial charge on any atom is 0.253 e. The molecule has 1 aromatic rings. The summed E-state index contributed by atoms with van der Waals surface area (Å²) in [5.74, 6) is 0.887. The molecule has 0 radical (unpaired) electrons. The van der Waals surface area contributed by atoms with Gasteiger partial charge in [-0.05, 0) is 6.92 Å². The Hall–Kier alpha value is -1.95.